The second-order valence-corrected chi connectivity index (χ2v) is 8.90. The van der Waals surface area contributed by atoms with Gasteiger partial charge in [-0.2, -0.15) is 0 Å². The highest BCUT2D eigenvalue weighted by Gasteiger charge is 2.27. The van der Waals surface area contributed by atoms with E-state index >= 15 is 0 Å². The first-order chi connectivity index (χ1) is 15.7. The molecule has 3 aromatic rings. The molecule has 0 saturated carbocycles. The maximum atomic E-state index is 13.9. The van der Waals surface area contributed by atoms with E-state index in [2.05, 4.69) is 38.2 Å². The van der Waals surface area contributed by atoms with Gasteiger partial charge in [0.15, 0.2) is 5.78 Å². The fourth-order valence-electron chi connectivity index (χ4n) is 4.43. The lowest BCUT2D eigenvalue weighted by Crippen LogP contribution is -2.32. The summed E-state index contributed by atoms with van der Waals surface area (Å²) in [7, 11) is 1.54. The molecule has 0 aliphatic carbocycles. The zero-order valence-corrected chi connectivity index (χ0v) is 19.6. The maximum Gasteiger partial charge on any atom is 0.159 e. The van der Waals surface area contributed by atoms with Crippen LogP contribution >= 0.6 is 0 Å². The number of fused-ring (bicyclic) bond motifs is 1. The Hall–Kier alpha value is -3.60. The third-order valence-electron chi connectivity index (χ3n) is 5.84. The Balaban J connectivity index is 1.81. The van der Waals surface area contributed by atoms with Crippen molar-refractivity contribution >= 4 is 17.0 Å². The van der Waals surface area contributed by atoms with Crippen molar-refractivity contribution in [1.82, 2.24) is 0 Å². The van der Waals surface area contributed by atoms with Crippen LogP contribution in [0.15, 0.2) is 60.7 Å². The molecule has 0 saturated heterocycles. The van der Waals surface area contributed by atoms with E-state index < -0.39 is 0 Å². The molecule has 0 amide bonds. The molecule has 1 heterocycles. The molecule has 1 aliphatic rings. The maximum absolute atomic E-state index is 13.9. The number of carbonyl (C=O) groups is 1. The van der Waals surface area contributed by atoms with Crippen molar-refractivity contribution < 1.29 is 18.7 Å². The molecule has 0 aromatic heterocycles. The highest BCUT2D eigenvalue weighted by molar-refractivity contribution is 5.94. The number of ether oxygens (including phenoxy) is 2. The minimum absolute atomic E-state index is 0.0128. The van der Waals surface area contributed by atoms with Crippen LogP contribution < -0.4 is 14.8 Å². The largest absolute Gasteiger partial charge is 0.496 e. The Bertz CT molecular complexity index is 1240. The van der Waals surface area contributed by atoms with Gasteiger partial charge in [-0.25, -0.2) is 4.39 Å². The number of Topliss-reactive ketones (excluding diaryl/α,β-unsaturated/α-hetero) is 1. The quantitative estimate of drug-likeness (QED) is 0.420. The Morgan fingerprint density at radius 2 is 1.73 bits per heavy atom. The topological polar surface area (TPSA) is 47.6 Å². The van der Waals surface area contributed by atoms with Crippen molar-refractivity contribution in [2.75, 3.05) is 12.4 Å². The molecule has 0 radical (unpaired) electrons. The molecule has 0 spiro atoms. The molecular weight excluding hydrogens is 417 g/mol. The van der Waals surface area contributed by atoms with Gasteiger partial charge in [0.2, 0.25) is 0 Å². The average molecular weight is 446 g/mol. The lowest BCUT2D eigenvalue weighted by atomic mass is 9.85. The van der Waals surface area contributed by atoms with Crippen LogP contribution in [0.2, 0.25) is 0 Å². The summed E-state index contributed by atoms with van der Waals surface area (Å²) in [5, 5.41) is 3.58. The van der Waals surface area contributed by atoms with E-state index in [0.717, 1.165) is 33.5 Å². The summed E-state index contributed by atoms with van der Waals surface area (Å²) in [6.45, 7) is 8.19. The number of carbonyl (C=O) groups excluding carboxylic acids is 1. The molecule has 0 fully saturated rings. The van der Waals surface area contributed by atoms with E-state index in [4.69, 9.17) is 9.47 Å². The van der Waals surface area contributed by atoms with E-state index in [9.17, 15) is 9.18 Å². The molecule has 5 heteroatoms. The van der Waals surface area contributed by atoms with Crippen molar-refractivity contribution in [3.05, 3.63) is 83.2 Å². The molecule has 33 heavy (non-hydrogen) atoms. The third-order valence-corrected chi connectivity index (χ3v) is 5.84. The standard InChI is InChI=1S/C28H28FNO3/c1-17-15-28(3,4)30-25-13-12-22(23-11-8-20(29)14-26(23)32-5)24(27(17)25)16-33-21-9-6-19(7-10-21)18(2)31/h6-15,30H,16H2,1-5H3. The molecule has 3 aromatic carbocycles. The number of nitrogens with one attached hydrogen (secondary N) is 1. The van der Waals surface area contributed by atoms with Gasteiger partial charge in [0.1, 0.15) is 23.9 Å². The number of allylic oxidation sites excluding steroid dienone is 1. The minimum Gasteiger partial charge on any atom is -0.496 e. The predicted octanol–water partition coefficient (Wildman–Crippen LogP) is 6.89. The molecule has 170 valence electrons. The van der Waals surface area contributed by atoms with E-state index in [-0.39, 0.29) is 17.1 Å². The van der Waals surface area contributed by atoms with Gasteiger partial charge in [0, 0.05) is 34.0 Å². The molecular formula is C28H28FNO3. The SMILES string of the molecule is COc1cc(F)ccc1-c1ccc2c(c1COc1ccc(C(C)=O)cc1)C(C)=CC(C)(C)N2. The number of ketones is 1. The summed E-state index contributed by atoms with van der Waals surface area (Å²) in [4.78, 5) is 11.6. The lowest BCUT2D eigenvalue weighted by Gasteiger charge is -2.33. The number of rotatable bonds is 6. The van der Waals surface area contributed by atoms with E-state index in [0.29, 0.717) is 23.7 Å². The third kappa shape index (κ3) is 4.63. The van der Waals surface area contributed by atoms with Crippen molar-refractivity contribution in [2.45, 2.75) is 39.8 Å². The second-order valence-electron chi connectivity index (χ2n) is 8.90. The number of halogens is 1. The van der Waals surface area contributed by atoms with Gasteiger partial charge in [0.25, 0.3) is 0 Å². The Morgan fingerprint density at radius 1 is 1.03 bits per heavy atom. The summed E-state index contributed by atoms with van der Waals surface area (Å²) in [5.41, 5.74) is 6.39. The minimum atomic E-state index is -0.351. The van der Waals surface area contributed by atoms with Crippen LogP contribution in [0.5, 0.6) is 11.5 Å². The molecule has 4 rings (SSSR count). The van der Waals surface area contributed by atoms with Crippen LogP contribution in [0.25, 0.3) is 16.7 Å². The monoisotopic (exact) mass is 445 g/mol. The van der Waals surface area contributed by atoms with Gasteiger partial charge in [-0.3, -0.25) is 4.79 Å². The Morgan fingerprint density at radius 3 is 2.39 bits per heavy atom. The molecule has 0 bridgehead atoms. The first kappa shape index (κ1) is 22.6. The van der Waals surface area contributed by atoms with Crippen molar-refractivity contribution in [3.8, 4) is 22.6 Å². The number of benzene rings is 3. The van der Waals surface area contributed by atoms with Gasteiger partial charge in [-0.15, -0.1) is 0 Å². The average Bonchev–Trinajstić information content (AvgIpc) is 2.76. The second kappa shape index (κ2) is 8.74. The van der Waals surface area contributed by atoms with Crippen LogP contribution in [0, 0.1) is 5.82 Å². The van der Waals surface area contributed by atoms with Gasteiger partial charge < -0.3 is 14.8 Å². The fraction of sp³-hybridized carbons (Fsp3) is 0.250. The Kier molecular flexibility index (Phi) is 5.98. The molecule has 1 aliphatic heterocycles. The van der Waals surface area contributed by atoms with Gasteiger partial charge in [0.05, 0.1) is 12.6 Å². The summed E-state index contributed by atoms with van der Waals surface area (Å²) < 4.78 is 25.5. The van der Waals surface area contributed by atoms with Crippen LogP contribution in [0.4, 0.5) is 10.1 Å². The Labute approximate surface area is 194 Å². The van der Waals surface area contributed by atoms with E-state index in [1.165, 1.54) is 19.1 Å². The lowest BCUT2D eigenvalue weighted by molar-refractivity contribution is 0.101. The fourth-order valence-corrected chi connectivity index (χ4v) is 4.43. The number of anilines is 1. The van der Waals surface area contributed by atoms with Crippen LogP contribution in [0.3, 0.4) is 0 Å². The molecule has 1 N–H and O–H groups in total. The van der Waals surface area contributed by atoms with E-state index in [1.54, 1.807) is 37.4 Å². The van der Waals surface area contributed by atoms with Crippen molar-refractivity contribution in [2.24, 2.45) is 0 Å². The predicted molar refractivity (Wildman–Crippen MR) is 131 cm³/mol. The molecule has 4 nitrogen and oxygen atoms in total. The first-order valence-electron chi connectivity index (χ1n) is 10.9. The zero-order valence-electron chi connectivity index (χ0n) is 19.6. The molecule has 0 unspecified atom stereocenters. The van der Waals surface area contributed by atoms with Crippen molar-refractivity contribution in [1.29, 1.82) is 0 Å². The van der Waals surface area contributed by atoms with Crippen LogP contribution in [-0.4, -0.2) is 18.4 Å². The highest BCUT2D eigenvalue weighted by atomic mass is 19.1. The summed E-state index contributed by atoms with van der Waals surface area (Å²) in [6, 6.07) is 15.8. The number of methoxy groups -OCH3 is 1. The smallest absolute Gasteiger partial charge is 0.159 e. The van der Waals surface area contributed by atoms with Gasteiger partial charge in [-0.05, 0) is 81.3 Å². The normalized spacial score (nSPS) is 14.1. The number of hydrogen-bond donors (Lipinski definition) is 1. The highest BCUT2D eigenvalue weighted by Crippen LogP contribution is 2.42. The molecule has 0 atom stereocenters. The van der Waals surface area contributed by atoms with Crippen LogP contribution in [0.1, 0.15) is 49.2 Å². The van der Waals surface area contributed by atoms with Crippen LogP contribution in [-0.2, 0) is 6.61 Å². The zero-order chi connectivity index (χ0) is 23.8. The summed E-state index contributed by atoms with van der Waals surface area (Å²) >= 11 is 0. The summed E-state index contributed by atoms with van der Waals surface area (Å²) in [5.74, 6) is 0.795. The summed E-state index contributed by atoms with van der Waals surface area (Å²) in [6.07, 6.45) is 2.20. The van der Waals surface area contributed by atoms with Crippen molar-refractivity contribution in [3.63, 3.8) is 0 Å². The van der Waals surface area contributed by atoms with Gasteiger partial charge >= 0.3 is 0 Å². The first-order valence-corrected chi connectivity index (χ1v) is 10.9. The van der Waals surface area contributed by atoms with Gasteiger partial charge in [-0.1, -0.05) is 12.1 Å². The van der Waals surface area contributed by atoms with E-state index in [1.807, 2.05) is 6.07 Å². The number of hydrogen-bond acceptors (Lipinski definition) is 4.